The van der Waals surface area contributed by atoms with Crippen molar-refractivity contribution in [2.24, 2.45) is 5.10 Å². The highest BCUT2D eigenvalue weighted by Gasteiger charge is 2.01. The highest BCUT2D eigenvalue weighted by atomic mass is 79.9. The van der Waals surface area contributed by atoms with Crippen LogP contribution in [0.25, 0.3) is 0 Å². The molecule has 2 aromatic rings. The zero-order valence-corrected chi connectivity index (χ0v) is 11.6. The lowest BCUT2D eigenvalue weighted by molar-refractivity contribution is -0.123. The number of hydrogen-bond acceptors (Lipinski definition) is 3. The van der Waals surface area contributed by atoms with Crippen molar-refractivity contribution >= 4 is 28.1 Å². The summed E-state index contributed by atoms with van der Waals surface area (Å²) in [5.41, 5.74) is 3.19. The van der Waals surface area contributed by atoms with Crippen molar-refractivity contribution < 1.29 is 9.53 Å². The van der Waals surface area contributed by atoms with Crippen LogP contribution in [0.2, 0.25) is 0 Å². The normalized spacial score (nSPS) is 10.6. The van der Waals surface area contributed by atoms with E-state index in [4.69, 9.17) is 4.74 Å². The Morgan fingerprint density at radius 1 is 1.37 bits per heavy atom. The van der Waals surface area contributed by atoms with Gasteiger partial charge in [-0.05, 0) is 36.4 Å². The second-order valence-electron chi connectivity index (χ2n) is 3.66. The van der Waals surface area contributed by atoms with E-state index in [0.717, 1.165) is 10.2 Å². The van der Waals surface area contributed by atoms with Gasteiger partial charge >= 0.3 is 0 Å². The van der Waals surface area contributed by atoms with Crippen LogP contribution in [-0.4, -0.2) is 23.7 Å². The number of halogens is 1. The Kier molecular flexibility index (Phi) is 4.74. The zero-order chi connectivity index (χ0) is 13.5. The molecule has 0 atom stereocenters. The molecular formula is C13H12BrN3O2. The highest BCUT2D eigenvalue weighted by Crippen LogP contribution is 2.15. The Hall–Kier alpha value is -2.08. The fraction of sp³-hybridized carbons (Fsp3) is 0.0769. The van der Waals surface area contributed by atoms with E-state index < -0.39 is 0 Å². The van der Waals surface area contributed by atoms with E-state index in [1.165, 1.54) is 6.21 Å². The van der Waals surface area contributed by atoms with Crippen molar-refractivity contribution in [3.05, 3.63) is 52.8 Å². The number of aromatic amines is 1. The summed E-state index contributed by atoms with van der Waals surface area (Å²) in [5.74, 6) is 0.317. The summed E-state index contributed by atoms with van der Waals surface area (Å²) in [7, 11) is 0. The summed E-state index contributed by atoms with van der Waals surface area (Å²) >= 11 is 3.32. The molecule has 19 heavy (non-hydrogen) atoms. The van der Waals surface area contributed by atoms with Gasteiger partial charge in [-0.15, -0.1) is 0 Å². The number of hydrogen-bond donors (Lipinski definition) is 2. The quantitative estimate of drug-likeness (QED) is 0.655. The molecule has 0 saturated heterocycles. The Labute approximate surface area is 118 Å². The second-order valence-corrected chi connectivity index (χ2v) is 4.58. The molecule has 0 radical (unpaired) electrons. The third-order valence-corrected chi connectivity index (χ3v) is 2.73. The largest absolute Gasteiger partial charge is 0.484 e. The zero-order valence-electron chi connectivity index (χ0n) is 9.97. The summed E-state index contributed by atoms with van der Waals surface area (Å²) in [5, 5.41) is 3.80. The van der Waals surface area contributed by atoms with E-state index in [9.17, 15) is 4.79 Å². The first-order chi connectivity index (χ1) is 9.24. The van der Waals surface area contributed by atoms with Crippen LogP contribution in [0.4, 0.5) is 0 Å². The number of carbonyl (C=O) groups is 1. The second kappa shape index (κ2) is 6.75. The van der Waals surface area contributed by atoms with Crippen molar-refractivity contribution in [2.45, 2.75) is 0 Å². The molecule has 2 rings (SSSR count). The van der Waals surface area contributed by atoms with Crippen LogP contribution in [0.5, 0.6) is 5.75 Å². The molecule has 0 unspecified atom stereocenters. The van der Waals surface area contributed by atoms with E-state index in [1.54, 1.807) is 18.3 Å². The monoisotopic (exact) mass is 321 g/mol. The van der Waals surface area contributed by atoms with Gasteiger partial charge in [-0.3, -0.25) is 4.79 Å². The van der Waals surface area contributed by atoms with Crippen LogP contribution >= 0.6 is 15.9 Å². The lowest BCUT2D eigenvalue weighted by Crippen LogP contribution is -2.24. The standard InChI is InChI=1S/C13H12BrN3O2/c14-10-3-5-12(6-4-10)19-9-13(18)17-16-8-11-2-1-7-15-11/h1-8,15H,9H2,(H,17,18)/b16-8+. The summed E-state index contributed by atoms with van der Waals surface area (Å²) in [6, 6.07) is 10.9. The van der Waals surface area contributed by atoms with Crippen molar-refractivity contribution in [3.8, 4) is 5.75 Å². The number of H-pyrrole nitrogens is 1. The number of amides is 1. The maximum Gasteiger partial charge on any atom is 0.277 e. The van der Waals surface area contributed by atoms with E-state index in [1.807, 2.05) is 24.3 Å². The van der Waals surface area contributed by atoms with E-state index in [0.29, 0.717) is 5.75 Å². The van der Waals surface area contributed by atoms with Gasteiger partial charge in [0.25, 0.3) is 5.91 Å². The van der Waals surface area contributed by atoms with Gasteiger partial charge in [-0.25, -0.2) is 5.43 Å². The molecule has 0 aliphatic heterocycles. The molecule has 0 bridgehead atoms. The van der Waals surface area contributed by atoms with Gasteiger partial charge in [0, 0.05) is 10.7 Å². The van der Waals surface area contributed by atoms with Crippen LogP contribution in [-0.2, 0) is 4.79 Å². The van der Waals surface area contributed by atoms with Crippen molar-refractivity contribution in [1.82, 2.24) is 10.4 Å². The number of hydrazone groups is 1. The Morgan fingerprint density at radius 2 is 2.16 bits per heavy atom. The molecule has 1 aromatic heterocycles. The smallest absolute Gasteiger partial charge is 0.277 e. The highest BCUT2D eigenvalue weighted by molar-refractivity contribution is 9.10. The third kappa shape index (κ3) is 4.59. The number of aromatic nitrogens is 1. The first-order valence-electron chi connectivity index (χ1n) is 5.58. The van der Waals surface area contributed by atoms with E-state index >= 15 is 0 Å². The first-order valence-corrected chi connectivity index (χ1v) is 6.37. The molecule has 2 N–H and O–H groups in total. The maximum atomic E-state index is 11.4. The molecule has 0 saturated carbocycles. The van der Waals surface area contributed by atoms with Gasteiger partial charge in [-0.2, -0.15) is 5.10 Å². The average Bonchev–Trinajstić information content (AvgIpc) is 2.91. The fourth-order valence-electron chi connectivity index (χ4n) is 1.31. The predicted octanol–water partition coefficient (Wildman–Crippen LogP) is 2.31. The molecule has 5 nitrogen and oxygen atoms in total. The number of benzene rings is 1. The van der Waals surface area contributed by atoms with Crippen molar-refractivity contribution in [1.29, 1.82) is 0 Å². The minimum atomic E-state index is -0.314. The van der Waals surface area contributed by atoms with Crippen LogP contribution in [0, 0.1) is 0 Å². The van der Waals surface area contributed by atoms with Crippen LogP contribution in [0.15, 0.2) is 52.2 Å². The van der Waals surface area contributed by atoms with Gasteiger partial charge in [0.1, 0.15) is 5.75 Å². The Balaban J connectivity index is 1.74. The third-order valence-electron chi connectivity index (χ3n) is 2.20. The number of carbonyl (C=O) groups excluding carboxylic acids is 1. The predicted molar refractivity (Wildman–Crippen MR) is 76.2 cm³/mol. The Bertz CT molecular complexity index is 550. The molecule has 1 aromatic carbocycles. The van der Waals surface area contributed by atoms with Gasteiger partial charge < -0.3 is 9.72 Å². The fourth-order valence-corrected chi connectivity index (χ4v) is 1.57. The lowest BCUT2D eigenvalue weighted by atomic mass is 10.3. The number of rotatable bonds is 5. The van der Waals surface area contributed by atoms with Gasteiger partial charge in [0.15, 0.2) is 6.61 Å². The minimum absolute atomic E-state index is 0.0797. The summed E-state index contributed by atoms with van der Waals surface area (Å²) in [6.07, 6.45) is 3.30. The number of ether oxygens (including phenoxy) is 1. The first kappa shape index (κ1) is 13.4. The average molecular weight is 322 g/mol. The van der Waals surface area contributed by atoms with Gasteiger partial charge in [-0.1, -0.05) is 15.9 Å². The van der Waals surface area contributed by atoms with E-state index in [-0.39, 0.29) is 12.5 Å². The van der Waals surface area contributed by atoms with Crippen molar-refractivity contribution in [3.63, 3.8) is 0 Å². The molecule has 1 amide bonds. The van der Waals surface area contributed by atoms with Crippen LogP contribution in [0.3, 0.4) is 0 Å². The summed E-state index contributed by atoms with van der Waals surface area (Å²) < 4.78 is 6.25. The molecule has 1 heterocycles. The summed E-state index contributed by atoms with van der Waals surface area (Å²) in [4.78, 5) is 14.4. The lowest BCUT2D eigenvalue weighted by Gasteiger charge is -2.04. The molecule has 0 spiro atoms. The molecule has 98 valence electrons. The Morgan fingerprint density at radius 3 is 2.84 bits per heavy atom. The van der Waals surface area contributed by atoms with Crippen molar-refractivity contribution in [2.75, 3.05) is 6.61 Å². The topological polar surface area (TPSA) is 66.5 Å². The molecule has 0 aliphatic rings. The number of nitrogens with zero attached hydrogens (tertiary/aromatic N) is 1. The SMILES string of the molecule is O=C(COc1ccc(Br)cc1)N/N=C/c1ccc[nH]1. The van der Waals surface area contributed by atoms with Crippen LogP contribution in [0.1, 0.15) is 5.69 Å². The molecular weight excluding hydrogens is 310 g/mol. The van der Waals surface area contributed by atoms with Gasteiger partial charge in [0.2, 0.25) is 0 Å². The van der Waals surface area contributed by atoms with Gasteiger partial charge in [0.05, 0.1) is 11.9 Å². The van der Waals surface area contributed by atoms with E-state index in [2.05, 4.69) is 31.4 Å². The molecule has 0 fully saturated rings. The van der Waals surface area contributed by atoms with Crippen LogP contribution < -0.4 is 10.2 Å². The summed E-state index contributed by atoms with van der Waals surface area (Å²) in [6.45, 7) is -0.0797. The maximum absolute atomic E-state index is 11.4. The molecule has 6 heteroatoms. The molecule has 0 aliphatic carbocycles. The number of nitrogens with one attached hydrogen (secondary N) is 2. The minimum Gasteiger partial charge on any atom is -0.484 e.